The first-order chi connectivity index (χ1) is 12.9. The predicted octanol–water partition coefficient (Wildman–Crippen LogP) is 3.99. The third-order valence-electron chi connectivity index (χ3n) is 4.07. The molecule has 0 aliphatic carbocycles. The number of benzene rings is 2. The summed E-state index contributed by atoms with van der Waals surface area (Å²) in [5.41, 5.74) is 2.73. The van der Waals surface area contributed by atoms with Gasteiger partial charge < -0.3 is 14.4 Å². The van der Waals surface area contributed by atoms with Crippen LogP contribution in [0.15, 0.2) is 48.5 Å². The Bertz CT molecular complexity index is 751. The SMILES string of the molecule is COC(=O)CCN(Cc1ccc(C)cc1)C(=O)c1ccc(OC(C)C)cc1. The lowest BCUT2D eigenvalue weighted by Crippen LogP contribution is -2.32. The Kier molecular flexibility index (Phi) is 7.41. The number of hydrogen-bond donors (Lipinski definition) is 0. The molecule has 5 nitrogen and oxygen atoms in total. The fourth-order valence-corrected chi connectivity index (χ4v) is 2.63. The van der Waals surface area contributed by atoms with Gasteiger partial charge in [-0.3, -0.25) is 9.59 Å². The quantitative estimate of drug-likeness (QED) is 0.660. The predicted molar refractivity (Wildman–Crippen MR) is 105 cm³/mol. The second-order valence-electron chi connectivity index (χ2n) is 6.73. The largest absolute Gasteiger partial charge is 0.491 e. The standard InChI is InChI=1S/C22H27NO4/c1-16(2)27-20-11-9-19(10-12-20)22(25)23(14-13-21(24)26-4)15-18-7-5-17(3)6-8-18/h5-12,16H,13-15H2,1-4H3. The van der Waals surface area contributed by atoms with E-state index >= 15 is 0 Å². The van der Waals surface area contributed by atoms with Gasteiger partial charge in [0.25, 0.3) is 5.91 Å². The number of carbonyl (C=O) groups is 2. The van der Waals surface area contributed by atoms with E-state index in [4.69, 9.17) is 9.47 Å². The van der Waals surface area contributed by atoms with E-state index in [1.165, 1.54) is 7.11 Å². The molecule has 0 spiro atoms. The van der Waals surface area contributed by atoms with Gasteiger partial charge >= 0.3 is 5.97 Å². The van der Waals surface area contributed by atoms with Gasteiger partial charge in [0.15, 0.2) is 0 Å². The van der Waals surface area contributed by atoms with Gasteiger partial charge in [0.2, 0.25) is 0 Å². The van der Waals surface area contributed by atoms with Crippen molar-refractivity contribution in [3.63, 3.8) is 0 Å². The Hall–Kier alpha value is -2.82. The van der Waals surface area contributed by atoms with Crippen molar-refractivity contribution in [2.75, 3.05) is 13.7 Å². The first kappa shape index (κ1) is 20.5. The van der Waals surface area contributed by atoms with Gasteiger partial charge in [-0.05, 0) is 50.6 Å². The zero-order chi connectivity index (χ0) is 19.8. The summed E-state index contributed by atoms with van der Waals surface area (Å²) in [6.45, 7) is 6.65. The molecule has 0 fully saturated rings. The lowest BCUT2D eigenvalue weighted by atomic mass is 10.1. The first-order valence-corrected chi connectivity index (χ1v) is 9.07. The van der Waals surface area contributed by atoms with E-state index in [1.807, 2.05) is 45.0 Å². The highest BCUT2D eigenvalue weighted by Crippen LogP contribution is 2.17. The summed E-state index contributed by atoms with van der Waals surface area (Å²) in [7, 11) is 1.35. The summed E-state index contributed by atoms with van der Waals surface area (Å²) < 4.78 is 10.3. The van der Waals surface area contributed by atoms with Crippen LogP contribution in [0, 0.1) is 6.92 Å². The van der Waals surface area contributed by atoms with Gasteiger partial charge in [-0.25, -0.2) is 0 Å². The molecule has 2 aromatic carbocycles. The molecule has 2 rings (SSSR count). The molecule has 0 aliphatic rings. The molecule has 0 bridgehead atoms. The highest BCUT2D eigenvalue weighted by molar-refractivity contribution is 5.94. The third kappa shape index (κ3) is 6.44. The summed E-state index contributed by atoms with van der Waals surface area (Å²) in [4.78, 5) is 26.2. The second-order valence-corrected chi connectivity index (χ2v) is 6.73. The maximum atomic E-state index is 13.0. The molecule has 2 aromatic rings. The topological polar surface area (TPSA) is 55.8 Å². The molecule has 0 N–H and O–H groups in total. The number of methoxy groups -OCH3 is 1. The van der Waals surface area contributed by atoms with Crippen LogP contribution in [-0.4, -0.2) is 36.5 Å². The van der Waals surface area contributed by atoms with E-state index in [0.29, 0.717) is 18.7 Å². The number of ether oxygens (including phenoxy) is 2. The summed E-state index contributed by atoms with van der Waals surface area (Å²) in [6.07, 6.45) is 0.229. The molecule has 144 valence electrons. The molecule has 0 saturated carbocycles. The average Bonchev–Trinajstić information content (AvgIpc) is 2.66. The smallest absolute Gasteiger partial charge is 0.307 e. The Morgan fingerprint density at radius 1 is 1.00 bits per heavy atom. The maximum Gasteiger partial charge on any atom is 0.307 e. The van der Waals surface area contributed by atoms with Crippen molar-refractivity contribution in [3.05, 3.63) is 65.2 Å². The van der Waals surface area contributed by atoms with Crippen molar-refractivity contribution < 1.29 is 19.1 Å². The molecule has 5 heteroatoms. The van der Waals surface area contributed by atoms with E-state index < -0.39 is 0 Å². The Morgan fingerprint density at radius 2 is 1.63 bits per heavy atom. The third-order valence-corrected chi connectivity index (χ3v) is 4.07. The normalized spacial score (nSPS) is 10.6. The monoisotopic (exact) mass is 369 g/mol. The van der Waals surface area contributed by atoms with Crippen LogP contribution in [0.25, 0.3) is 0 Å². The fraction of sp³-hybridized carbons (Fsp3) is 0.364. The number of aryl methyl sites for hydroxylation is 1. The van der Waals surface area contributed by atoms with E-state index in [-0.39, 0.29) is 24.4 Å². The number of esters is 1. The molecular formula is C22H27NO4. The maximum absolute atomic E-state index is 13.0. The molecule has 0 aromatic heterocycles. The van der Waals surface area contributed by atoms with Crippen LogP contribution < -0.4 is 4.74 Å². The van der Waals surface area contributed by atoms with Gasteiger partial charge in [-0.1, -0.05) is 29.8 Å². The Labute approximate surface area is 160 Å². The summed E-state index contributed by atoms with van der Waals surface area (Å²) >= 11 is 0. The van der Waals surface area contributed by atoms with Crippen molar-refractivity contribution in [1.29, 1.82) is 0 Å². The first-order valence-electron chi connectivity index (χ1n) is 9.07. The average molecular weight is 369 g/mol. The highest BCUT2D eigenvalue weighted by atomic mass is 16.5. The van der Waals surface area contributed by atoms with Crippen LogP contribution >= 0.6 is 0 Å². The Balaban J connectivity index is 2.15. The molecule has 0 atom stereocenters. The van der Waals surface area contributed by atoms with Gasteiger partial charge in [0, 0.05) is 18.7 Å². The zero-order valence-corrected chi connectivity index (χ0v) is 16.4. The van der Waals surface area contributed by atoms with Crippen molar-refractivity contribution >= 4 is 11.9 Å². The van der Waals surface area contributed by atoms with Gasteiger partial charge in [0.05, 0.1) is 19.6 Å². The lowest BCUT2D eigenvalue weighted by molar-refractivity contribution is -0.140. The van der Waals surface area contributed by atoms with Gasteiger partial charge in [-0.2, -0.15) is 0 Å². The van der Waals surface area contributed by atoms with E-state index in [9.17, 15) is 9.59 Å². The number of carbonyl (C=O) groups excluding carboxylic acids is 2. The number of nitrogens with zero attached hydrogens (tertiary/aromatic N) is 1. The molecule has 0 aliphatic heterocycles. The fourth-order valence-electron chi connectivity index (χ4n) is 2.63. The van der Waals surface area contributed by atoms with Crippen LogP contribution in [0.4, 0.5) is 0 Å². The molecular weight excluding hydrogens is 342 g/mol. The van der Waals surface area contributed by atoms with Gasteiger partial charge in [0.1, 0.15) is 5.75 Å². The molecule has 1 amide bonds. The minimum atomic E-state index is -0.336. The zero-order valence-electron chi connectivity index (χ0n) is 16.4. The van der Waals surface area contributed by atoms with E-state index in [0.717, 1.165) is 16.9 Å². The van der Waals surface area contributed by atoms with Crippen LogP contribution in [0.5, 0.6) is 5.75 Å². The summed E-state index contributed by atoms with van der Waals surface area (Å²) in [5.74, 6) is 0.258. The number of amides is 1. The molecule has 0 unspecified atom stereocenters. The Morgan fingerprint density at radius 3 is 2.19 bits per heavy atom. The van der Waals surface area contributed by atoms with Crippen LogP contribution in [0.3, 0.4) is 0 Å². The number of rotatable bonds is 8. The van der Waals surface area contributed by atoms with Crippen molar-refractivity contribution in [2.45, 2.75) is 39.8 Å². The molecule has 0 heterocycles. The van der Waals surface area contributed by atoms with Crippen LogP contribution in [0.1, 0.15) is 41.8 Å². The van der Waals surface area contributed by atoms with Crippen molar-refractivity contribution in [2.24, 2.45) is 0 Å². The van der Waals surface area contributed by atoms with Crippen molar-refractivity contribution in [1.82, 2.24) is 4.90 Å². The summed E-state index contributed by atoms with van der Waals surface area (Å²) in [5, 5.41) is 0. The lowest BCUT2D eigenvalue weighted by Gasteiger charge is -2.23. The van der Waals surface area contributed by atoms with E-state index in [2.05, 4.69) is 0 Å². The van der Waals surface area contributed by atoms with E-state index in [1.54, 1.807) is 29.2 Å². The molecule has 0 radical (unpaired) electrons. The van der Waals surface area contributed by atoms with Crippen LogP contribution in [-0.2, 0) is 16.1 Å². The summed E-state index contributed by atoms with van der Waals surface area (Å²) in [6, 6.07) is 15.1. The molecule has 27 heavy (non-hydrogen) atoms. The minimum Gasteiger partial charge on any atom is -0.491 e. The van der Waals surface area contributed by atoms with Gasteiger partial charge in [-0.15, -0.1) is 0 Å². The minimum absolute atomic E-state index is 0.0737. The number of hydrogen-bond acceptors (Lipinski definition) is 4. The second kappa shape index (κ2) is 9.76. The van der Waals surface area contributed by atoms with Crippen LogP contribution in [0.2, 0.25) is 0 Å². The highest BCUT2D eigenvalue weighted by Gasteiger charge is 2.18. The van der Waals surface area contributed by atoms with Crippen molar-refractivity contribution in [3.8, 4) is 5.75 Å². The molecule has 0 saturated heterocycles.